The zero-order valence-electron chi connectivity index (χ0n) is 10.7. The van der Waals surface area contributed by atoms with E-state index in [2.05, 4.69) is 30.5 Å². The van der Waals surface area contributed by atoms with Crippen LogP contribution < -0.4 is 5.73 Å². The van der Waals surface area contributed by atoms with Gasteiger partial charge in [-0.15, -0.1) is 0 Å². The minimum atomic E-state index is 0.382. The predicted molar refractivity (Wildman–Crippen MR) is 72.1 cm³/mol. The number of ether oxygens (including phenoxy) is 1. The van der Waals surface area contributed by atoms with Crippen molar-refractivity contribution in [3.8, 4) is 0 Å². The van der Waals surface area contributed by atoms with Crippen molar-refractivity contribution < 1.29 is 4.74 Å². The fraction of sp³-hybridized carbons (Fsp3) is 0.429. The molecule has 0 fully saturated rings. The molecule has 0 aliphatic carbocycles. The second kappa shape index (κ2) is 4.80. The van der Waals surface area contributed by atoms with E-state index in [-0.39, 0.29) is 0 Å². The summed E-state index contributed by atoms with van der Waals surface area (Å²) in [6.07, 6.45) is 0. The molecule has 0 bridgehead atoms. The maximum atomic E-state index is 6.08. The van der Waals surface area contributed by atoms with Crippen LogP contribution in [0.15, 0.2) is 24.3 Å². The van der Waals surface area contributed by atoms with Crippen LogP contribution in [0.2, 0.25) is 0 Å². The molecular weight excluding hydrogens is 212 g/mol. The average Bonchev–Trinajstić information content (AvgIpc) is 2.66. The third-order valence-corrected chi connectivity index (χ3v) is 2.94. The first-order chi connectivity index (χ1) is 8.15. The number of para-hydroxylation sites is 1. The number of nitrogen functional groups attached to an aromatic ring is 1. The van der Waals surface area contributed by atoms with Gasteiger partial charge in [-0.2, -0.15) is 0 Å². The van der Waals surface area contributed by atoms with Crippen LogP contribution in [0.1, 0.15) is 32.5 Å². The van der Waals surface area contributed by atoms with Crippen LogP contribution in [0.3, 0.4) is 0 Å². The number of nitrogens with zero attached hydrogens (tertiary/aromatic N) is 1. The Morgan fingerprint density at radius 3 is 2.76 bits per heavy atom. The topological polar surface area (TPSA) is 40.2 Å². The number of hydrogen-bond donors (Lipinski definition) is 1. The lowest BCUT2D eigenvalue weighted by Gasteiger charge is -2.15. The molecule has 0 saturated carbocycles. The fourth-order valence-electron chi connectivity index (χ4n) is 2.27. The van der Waals surface area contributed by atoms with Gasteiger partial charge in [-0.05, 0) is 32.9 Å². The molecule has 1 heterocycles. The third-order valence-electron chi connectivity index (χ3n) is 2.94. The highest BCUT2D eigenvalue weighted by atomic mass is 16.5. The largest absolute Gasteiger partial charge is 0.397 e. The molecule has 92 valence electrons. The second-order valence-corrected chi connectivity index (χ2v) is 4.52. The number of fused-ring (bicyclic) bond motifs is 1. The van der Waals surface area contributed by atoms with E-state index >= 15 is 0 Å². The van der Waals surface area contributed by atoms with Crippen LogP contribution in [0.4, 0.5) is 5.69 Å². The quantitative estimate of drug-likeness (QED) is 0.821. The third kappa shape index (κ3) is 2.15. The Bertz CT molecular complexity index is 514. The summed E-state index contributed by atoms with van der Waals surface area (Å²) in [5.74, 6) is 0. The molecule has 3 nitrogen and oxygen atoms in total. The SMILES string of the molecule is CCOCc1cc2cccc(N)c2n1C(C)C. The van der Waals surface area contributed by atoms with Crippen molar-refractivity contribution in [3.63, 3.8) is 0 Å². The summed E-state index contributed by atoms with van der Waals surface area (Å²) >= 11 is 0. The van der Waals surface area contributed by atoms with Crippen LogP contribution in [-0.2, 0) is 11.3 Å². The molecule has 0 radical (unpaired) electrons. The van der Waals surface area contributed by atoms with Crippen molar-refractivity contribution in [2.45, 2.75) is 33.4 Å². The van der Waals surface area contributed by atoms with Gasteiger partial charge < -0.3 is 15.0 Å². The van der Waals surface area contributed by atoms with Crippen molar-refractivity contribution in [2.24, 2.45) is 0 Å². The van der Waals surface area contributed by atoms with Crippen LogP contribution in [0.25, 0.3) is 10.9 Å². The maximum Gasteiger partial charge on any atom is 0.0868 e. The van der Waals surface area contributed by atoms with E-state index in [9.17, 15) is 0 Å². The van der Waals surface area contributed by atoms with Gasteiger partial charge in [-0.1, -0.05) is 12.1 Å². The molecular formula is C14H20N2O. The molecule has 1 aromatic heterocycles. The summed E-state index contributed by atoms with van der Waals surface area (Å²) in [5.41, 5.74) is 9.22. The van der Waals surface area contributed by atoms with Gasteiger partial charge >= 0.3 is 0 Å². The lowest BCUT2D eigenvalue weighted by atomic mass is 10.2. The Morgan fingerprint density at radius 2 is 2.12 bits per heavy atom. The van der Waals surface area contributed by atoms with Crippen LogP contribution in [-0.4, -0.2) is 11.2 Å². The maximum absolute atomic E-state index is 6.08. The average molecular weight is 232 g/mol. The molecule has 0 aliphatic rings. The second-order valence-electron chi connectivity index (χ2n) is 4.52. The Labute approximate surface area is 102 Å². The van der Waals surface area contributed by atoms with Gasteiger partial charge in [0.25, 0.3) is 0 Å². The summed E-state index contributed by atoms with van der Waals surface area (Å²) in [6, 6.07) is 8.59. The molecule has 0 atom stereocenters. The summed E-state index contributed by atoms with van der Waals surface area (Å²) in [4.78, 5) is 0. The van der Waals surface area contributed by atoms with Crippen molar-refractivity contribution in [1.82, 2.24) is 4.57 Å². The van der Waals surface area contributed by atoms with Gasteiger partial charge in [0.1, 0.15) is 0 Å². The smallest absolute Gasteiger partial charge is 0.0868 e. The lowest BCUT2D eigenvalue weighted by Crippen LogP contribution is -2.08. The van der Waals surface area contributed by atoms with Gasteiger partial charge in [0.05, 0.1) is 17.8 Å². The lowest BCUT2D eigenvalue weighted by molar-refractivity contribution is 0.128. The van der Waals surface area contributed by atoms with E-state index in [1.807, 2.05) is 19.1 Å². The molecule has 2 rings (SSSR count). The molecule has 3 heteroatoms. The van der Waals surface area contributed by atoms with E-state index in [1.165, 1.54) is 11.1 Å². The number of anilines is 1. The van der Waals surface area contributed by atoms with E-state index < -0.39 is 0 Å². The minimum Gasteiger partial charge on any atom is -0.397 e. The van der Waals surface area contributed by atoms with Gasteiger partial charge in [0, 0.05) is 23.7 Å². The van der Waals surface area contributed by atoms with Crippen LogP contribution in [0, 0.1) is 0 Å². The molecule has 1 aromatic carbocycles. The van der Waals surface area contributed by atoms with E-state index in [4.69, 9.17) is 10.5 Å². The summed E-state index contributed by atoms with van der Waals surface area (Å²) in [5, 5.41) is 1.19. The van der Waals surface area contributed by atoms with Gasteiger partial charge in [0.15, 0.2) is 0 Å². The number of aromatic nitrogens is 1. The molecule has 0 unspecified atom stereocenters. The zero-order valence-corrected chi connectivity index (χ0v) is 10.7. The first-order valence-corrected chi connectivity index (χ1v) is 6.11. The zero-order chi connectivity index (χ0) is 12.4. The minimum absolute atomic E-state index is 0.382. The Morgan fingerprint density at radius 1 is 1.35 bits per heavy atom. The van der Waals surface area contributed by atoms with Crippen molar-refractivity contribution in [2.75, 3.05) is 12.3 Å². The standard InChI is InChI=1S/C14H20N2O/c1-4-17-9-12-8-11-6-5-7-13(15)14(11)16(12)10(2)3/h5-8,10H,4,9,15H2,1-3H3. The van der Waals surface area contributed by atoms with E-state index in [0.29, 0.717) is 12.6 Å². The molecule has 2 aromatic rings. The molecule has 0 amide bonds. The summed E-state index contributed by atoms with van der Waals surface area (Å²) in [7, 11) is 0. The first-order valence-electron chi connectivity index (χ1n) is 6.11. The van der Waals surface area contributed by atoms with Gasteiger partial charge in [0.2, 0.25) is 0 Å². The van der Waals surface area contributed by atoms with E-state index in [0.717, 1.165) is 17.8 Å². The molecule has 0 aliphatic heterocycles. The molecule has 2 N–H and O–H groups in total. The molecule has 0 spiro atoms. The predicted octanol–water partition coefficient (Wildman–Crippen LogP) is 3.34. The summed E-state index contributed by atoms with van der Waals surface area (Å²) in [6.45, 7) is 7.72. The number of benzene rings is 1. The van der Waals surface area contributed by atoms with Crippen molar-refractivity contribution >= 4 is 16.6 Å². The summed E-state index contributed by atoms with van der Waals surface area (Å²) < 4.78 is 7.78. The monoisotopic (exact) mass is 232 g/mol. The first kappa shape index (κ1) is 12.0. The fourth-order valence-corrected chi connectivity index (χ4v) is 2.27. The molecule has 0 saturated heterocycles. The normalized spacial score (nSPS) is 11.5. The highest BCUT2D eigenvalue weighted by Gasteiger charge is 2.13. The Kier molecular flexibility index (Phi) is 3.38. The number of rotatable bonds is 4. The van der Waals surface area contributed by atoms with Gasteiger partial charge in [-0.25, -0.2) is 0 Å². The van der Waals surface area contributed by atoms with Crippen molar-refractivity contribution in [1.29, 1.82) is 0 Å². The van der Waals surface area contributed by atoms with Gasteiger partial charge in [-0.3, -0.25) is 0 Å². The van der Waals surface area contributed by atoms with E-state index in [1.54, 1.807) is 0 Å². The Hall–Kier alpha value is -1.48. The van der Waals surface area contributed by atoms with Crippen molar-refractivity contribution in [3.05, 3.63) is 30.0 Å². The molecule has 17 heavy (non-hydrogen) atoms. The van der Waals surface area contributed by atoms with Crippen LogP contribution >= 0.6 is 0 Å². The number of hydrogen-bond acceptors (Lipinski definition) is 2. The number of nitrogens with two attached hydrogens (primary N) is 1. The highest BCUT2D eigenvalue weighted by Crippen LogP contribution is 2.28. The van der Waals surface area contributed by atoms with Crippen LogP contribution in [0.5, 0.6) is 0 Å². The highest BCUT2D eigenvalue weighted by molar-refractivity contribution is 5.91. The Balaban J connectivity index is 2.59.